The monoisotopic (exact) mass is 603 g/mol. The predicted molar refractivity (Wildman–Crippen MR) is 157 cm³/mol. The van der Waals surface area contributed by atoms with Crippen LogP contribution in [0.15, 0.2) is 118 Å². The second kappa shape index (κ2) is 13.5. The minimum atomic E-state index is -0.628. The summed E-state index contributed by atoms with van der Waals surface area (Å²) in [6.07, 6.45) is 1.29. The van der Waals surface area contributed by atoms with Crippen molar-refractivity contribution in [3.05, 3.63) is 130 Å². The second-order valence-corrected chi connectivity index (χ2v) is 10.1. The summed E-state index contributed by atoms with van der Waals surface area (Å²) in [5, 5.41) is 8.19. The third-order valence-electron chi connectivity index (χ3n) is 5.34. The lowest BCUT2D eigenvalue weighted by atomic mass is 10.1. The zero-order valence-electron chi connectivity index (χ0n) is 20.5. The van der Waals surface area contributed by atoms with Crippen molar-refractivity contribution < 1.29 is 18.8 Å². The number of hydrogen-bond donors (Lipinski definition) is 3. The Balaban J connectivity index is 1.46. The van der Waals surface area contributed by atoms with Crippen LogP contribution in [-0.4, -0.2) is 23.5 Å². The third-order valence-corrected chi connectivity index (χ3v) is 7.03. The molecule has 196 valence electrons. The van der Waals surface area contributed by atoms with Crippen LogP contribution in [0.5, 0.6) is 0 Å². The van der Waals surface area contributed by atoms with Gasteiger partial charge in [0.15, 0.2) is 0 Å². The molecule has 0 aliphatic rings. The molecule has 0 fully saturated rings. The maximum atomic E-state index is 14.3. The van der Waals surface area contributed by atoms with E-state index in [9.17, 15) is 18.8 Å². The Kier molecular flexibility index (Phi) is 9.66. The molecule has 3 amide bonds. The van der Waals surface area contributed by atoms with E-state index >= 15 is 0 Å². The van der Waals surface area contributed by atoms with Gasteiger partial charge >= 0.3 is 0 Å². The number of anilines is 2. The van der Waals surface area contributed by atoms with Gasteiger partial charge in [-0.15, -0.1) is 11.8 Å². The van der Waals surface area contributed by atoms with Crippen molar-refractivity contribution in [3.8, 4) is 0 Å². The minimum absolute atomic E-state index is 0.125. The summed E-state index contributed by atoms with van der Waals surface area (Å²) in [6, 6.07) is 28.6. The van der Waals surface area contributed by atoms with Crippen LogP contribution in [0.25, 0.3) is 6.08 Å². The first-order valence-corrected chi connectivity index (χ1v) is 13.6. The minimum Gasteiger partial charge on any atom is -0.324 e. The molecule has 9 heteroatoms. The fraction of sp³-hybridized carbons (Fsp3) is 0.0333. The molecule has 0 aliphatic carbocycles. The van der Waals surface area contributed by atoms with Crippen LogP contribution in [-0.2, 0) is 9.59 Å². The molecule has 4 aromatic rings. The molecular formula is C30H23BrFN3O3S. The fourth-order valence-corrected chi connectivity index (χ4v) is 4.59. The number of carbonyl (C=O) groups excluding carboxylic acids is 3. The van der Waals surface area contributed by atoms with Crippen molar-refractivity contribution in [2.24, 2.45) is 0 Å². The van der Waals surface area contributed by atoms with Gasteiger partial charge in [-0.1, -0.05) is 54.6 Å². The summed E-state index contributed by atoms with van der Waals surface area (Å²) in [5.74, 6) is -1.69. The Labute approximate surface area is 237 Å². The predicted octanol–water partition coefficient (Wildman–Crippen LogP) is 6.73. The van der Waals surface area contributed by atoms with E-state index in [-0.39, 0.29) is 22.9 Å². The van der Waals surface area contributed by atoms with Crippen LogP contribution in [0.4, 0.5) is 15.8 Å². The molecule has 0 atom stereocenters. The molecule has 0 aromatic heterocycles. The Bertz CT molecular complexity index is 1530. The SMILES string of the molecule is O=C(CSc1cccc(NC(=O)/C(=C/c2ccccc2F)NC(=O)c2ccccc2)c1)Nc1ccccc1Br. The van der Waals surface area contributed by atoms with Crippen molar-refractivity contribution in [3.63, 3.8) is 0 Å². The van der Waals surface area contributed by atoms with Gasteiger partial charge in [-0.05, 0) is 70.5 Å². The highest BCUT2D eigenvalue weighted by atomic mass is 79.9. The standard InChI is InChI=1S/C30H23BrFN3O3S/c31-24-14-5-7-16-26(24)34-28(36)19-39-23-13-8-12-22(18-23)33-30(38)27(17-21-11-4-6-15-25(21)32)35-29(37)20-9-2-1-3-10-20/h1-18H,19H2,(H,33,38)(H,34,36)(H,35,37)/b27-17-. The van der Waals surface area contributed by atoms with Gasteiger partial charge in [-0.25, -0.2) is 4.39 Å². The number of thioether (sulfide) groups is 1. The Morgan fingerprint density at radius 2 is 1.54 bits per heavy atom. The number of carbonyl (C=O) groups is 3. The summed E-state index contributed by atoms with van der Waals surface area (Å²) < 4.78 is 15.1. The summed E-state index contributed by atoms with van der Waals surface area (Å²) in [7, 11) is 0. The molecule has 0 saturated carbocycles. The average molecular weight is 605 g/mol. The zero-order chi connectivity index (χ0) is 27.6. The number of amides is 3. The van der Waals surface area contributed by atoms with Crippen LogP contribution >= 0.6 is 27.7 Å². The summed E-state index contributed by atoms with van der Waals surface area (Å²) >= 11 is 4.71. The van der Waals surface area contributed by atoms with Crippen LogP contribution in [0, 0.1) is 5.82 Å². The van der Waals surface area contributed by atoms with E-state index in [4.69, 9.17) is 0 Å². The topological polar surface area (TPSA) is 87.3 Å². The Hall–Kier alpha value is -4.21. The maximum Gasteiger partial charge on any atom is 0.272 e. The van der Waals surface area contributed by atoms with Gasteiger partial charge < -0.3 is 16.0 Å². The molecule has 4 rings (SSSR count). The van der Waals surface area contributed by atoms with Gasteiger partial charge in [-0.2, -0.15) is 0 Å². The Morgan fingerprint density at radius 1 is 0.821 bits per heavy atom. The molecule has 0 radical (unpaired) electrons. The van der Waals surface area contributed by atoms with E-state index < -0.39 is 17.6 Å². The number of rotatable bonds is 9. The number of para-hydroxylation sites is 1. The van der Waals surface area contributed by atoms with Gasteiger partial charge in [-0.3, -0.25) is 14.4 Å². The molecule has 0 aliphatic heterocycles. The normalized spacial score (nSPS) is 11.0. The first-order chi connectivity index (χ1) is 18.9. The lowest BCUT2D eigenvalue weighted by Gasteiger charge is -2.12. The lowest BCUT2D eigenvalue weighted by Crippen LogP contribution is -2.30. The number of benzene rings is 4. The van der Waals surface area contributed by atoms with Crippen molar-refractivity contribution in [2.75, 3.05) is 16.4 Å². The largest absolute Gasteiger partial charge is 0.324 e. The highest BCUT2D eigenvalue weighted by Crippen LogP contribution is 2.24. The van der Waals surface area contributed by atoms with E-state index in [0.717, 1.165) is 9.37 Å². The van der Waals surface area contributed by atoms with Crippen LogP contribution in [0.3, 0.4) is 0 Å². The molecule has 4 aromatic carbocycles. The van der Waals surface area contributed by atoms with Gasteiger partial charge in [0.25, 0.3) is 11.8 Å². The number of hydrogen-bond acceptors (Lipinski definition) is 4. The van der Waals surface area contributed by atoms with Gasteiger partial charge in [0, 0.05) is 26.2 Å². The van der Waals surface area contributed by atoms with Crippen molar-refractivity contribution in [1.82, 2.24) is 5.32 Å². The van der Waals surface area contributed by atoms with Gasteiger partial charge in [0.05, 0.1) is 11.4 Å². The van der Waals surface area contributed by atoms with E-state index in [1.165, 1.54) is 36.0 Å². The lowest BCUT2D eigenvalue weighted by molar-refractivity contribution is -0.114. The van der Waals surface area contributed by atoms with E-state index in [2.05, 4.69) is 31.9 Å². The molecule has 39 heavy (non-hydrogen) atoms. The summed E-state index contributed by atoms with van der Waals surface area (Å²) in [5.41, 5.74) is 1.50. The van der Waals surface area contributed by atoms with Crippen molar-refractivity contribution in [1.29, 1.82) is 0 Å². The number of halogens is 2. The molecular weight excluding hydrogens is 581 g/mol. The highest BCUT2D eigenvalue weighted by molar-refractivity contribution is 9.10. The first kappa shape index (κ1) is 27.8. The highest BCUT2D eigenvalue weighted by Gasteiger charge is 2.16. The average Bonchev–Trinajstić information content (AvgIpc) is 2.94. The molecule has 0 unspecified atom stereocenters. The first-order valence-electron chi connectivity index (χ1n) is 11.8. The van der Waals surface area contributed by atoms with E-state index in [1.807, 2.05) is 24.3 Å². The molecule has 3 N–H and O–H groups in total. The molecule has 0 bridgehead atoms. The van der Waals surface area contributed by atoms with Gasteiger partial charge in [0.1, 0.15) is 11.5 Å². The van der Waals surface area contributed by atoms with E-state index in [1.54, 1.807) is 60.7 Å². The maximum absolute atomic E-state index is 14.3. The molecule has 6 nitrogen and oxygen atoms in total. The molecule has 0 heterocycles. The van der Waals surface area contributed by atoms with Crippen molar-refractivity contribution >= 4 is 62.9 Å². The zero-order valence-corrected chi connectivity index (χ0v) is 22.9. The van der Waals surface area contributed by atoms with Crippen LogP contribution in [0.1, 0.15) is 15.9 Å². The van der Waals surface area contributed by atoms with Crippen LogP contribution < -0.4 is 16.0 Å². The summed E-state index contributed by atoms with van der Waals surface area (Å²) in [4.78, 5) is 39.2. The summed E-state index contributed by atoms with van der Waals surface area (Å²) in [6.45, 7) is 0. The van der Waals surface area contributed by atoms with E-state index in [0.29, 0.717) is 16.9 Å². The second-order valence-electron chi connectivity index (χ2n) is 8.20. The molecule has 0 spiro atoms. The van der Waals surface area contributed by atoms with Crippen molar-refractivity contribution in [2.45, 2.75) is 4.90 Å². The third kappa shape index (κ3) is 8.13. The smallest absolute Gasteiger partial charge is 0.272 e. The van der Waals surface area contributed by atoms with Gasteiger partial charge in [0.2, 0.25) is 5.91 Å². The molecule has 0 saturated heterocycles. The quantitative estimate of drug-likeness (QED) is 0.146. The number of nitrogens with one attached hydrogen (secondary N) is 3. The van der Waals surface area contributed by atoms with Crippen LogP contribution in [0.2, 0.25) is 0 Å². The fourth-order valence-electron chi connectivity index (χ4n) is 3.45. The Morgan fingerprint density at radius 3 is 2.31 bits per heavy atom.